The SMILES string of the molecule is C/C=C(C)\C=C/CS(N)(=O)=O. The summed E-state index contributed by atoms with van der Waals surface area (Å²) in [4.78, 5) is 0. The zero-order chi connectivity index (χ0) is 8.91. The fourth-order valence-corrected chi connectivity index (χ4v) is 0.829. The lowest BCUT2D eigenvalue weighted by Gasteiger charge is -1.89. The molecule has 0 spiro atoms. The van der Waals surface area contributed by atoms with Crippen molar-refractivity contribution in [2.45, 2.75) is 13.8 Å². The van der Waals surface area contributed by atoms with E-state index in [4.69, 9.17) is 5.14 Å². The van der Waals surface area contributed by atoms with E-state index in [0.717, 1.165) is 5.57 Å². The van der Waals surface area contributed by atoms with Crippen LogP contribution in [0.3, 0.4) is 0 Å². The van der Waals surface area contributed by atoms with Crippen molar-refractivity contribution in [2.75, 3.05) is 5.75 Å². The van der Waals surface area contributed by atoms with Crippen molar-refractivity contribution in [2.24, 2.45) is 5.14 Å². The van der Waals surface area contributed by atoms with Gasteiger partial charge < -0.3 is 0 Å². The number of primary sulfonamides is 1. The van der Waals surface area contributed by atoms with Gasteiger partial charge in [-0.25, -0.2) is 13.6 Å². The molecule has 4 heteroatoms. The van der Waals surface area contributed by atoms with Crippen LogP contribution in [-0.2, 0) is 10.0 Å². The summed E-state index contributed by atoms with van der Waals surface area (Å²) in [7, 11) is -3.34. The molecule has 0 unspecified atom stereocenters. The molecular formula is C7H13NO2S. The molecule has 0 aliphatic carbocycles. The summed E-state index contributed by atoms with van der Waals surface area (Å²) in [6.45, 7) is 3.77. The topological polar surface area (TPSA) is 60.2 Å². The van der Waals surface area contributed by atoms with Crippen LogP contribution in [0.5, 0.6) is 0 Å². The fourth-order valence-electron chi connectivity index (χ4n) is 0.464. The molecule has 0 atom stereocenters. The van der Waals surface area contributed by atoms with Crippen molar-refractivity contribution >= 4 is 10.0 Å². The van der Waals surface area contributed by atoms with Crippen LogP contribution < -0.4 is 5.14 Å². The molecular weight excluding hydrogens is 162 g/mol. The molecule has 0 aromatic rings. The van der Waals surface area contributed by atoms with Crippen LogP contribution in [-0.4, -0.2) is 14.2 Å². The molecule has 0 aromatic carbocycles. The molecule has 0 saturated heterocycles. The van der Waals surface area contributed by atoms with Gasteiger partial charge in [-0.2, -0.15) is 0 Å². The smallest absolute Gasteiger partial charge is 0.212 e. The minimum Gasteiger partial charge on any atom is -0.228 e. The summed E-state index contributed by atoms with van der Waals surface area (Å²) < 4.78 is 20.8. The minimum atomic E-state index is -3.34. The highest BCUT2D eigenvalue weighted by molar-refractivity contribution is 7.89. The molecule has 0 fully saturated rings. The van der Waals surface area contributed by atoms with Gasteiger partial charge in [0.2, 0.25) is 10.0 Å². The van der Waals surface area contributed by atoms with E-state index in [-0.39, 0.29) is 5.75 Å². The molecule has 2 N–H and O–H groups in total. The first-order valence-electron chi connectivity index (χ1n) is 3.25. The second-order valence-electron chi connectivity index (χ2n) is 2.26. The first-order chi connectivity index (χ1) is 4.95. The van der Waals surface area contributed by atoms with Crippen LogP contribution in [0.1, 0.15) is 13.8 Å². The summed E-state index contributed by atoms with van der Waals surface area (Å²) in [6, 6.07) is 0. The van der Waals surface area contributed by atoms with E-state index >= 15 is 0 Å². The van der Waals surface area contributed by atoms with Crippen molar-refractivity contribution in [3.05, 3.63) is 23.8 Å². The Labute approximate surface area is 67.7 Å². The Kier molecular flexibility index (Phi) is 4.07. The van der Waals surface area contributed by atoms with E-state index < -0.39 is 10.0 Å². The molecule has 0 saturated carbocycles. The summed E-state index contributed by atoms with van der Waals surface area (Å²) in [5, 5.41) is 4.76. The highest BCUT2D eigenvalue weighted by atomic mass is 32.2. The first kappa shape index (κ1) is 10.4. The third-order valence-electron chi connectivity index (χ3n) is 1.16. The molecule has 0 rings (SSSR count). The van der Waals surface area contributed by atoms with Gasteiger partial charge in [0.25, 0.3) is 0 Å². The minimum absolute atomic E-state index is 0.0990. The predicted octanol–water partition coefficient (Wildman–Crippen LogP) is 0.797. The predicted molar refractivity (Wildman–Crippen MR) is 46.5 cm³/mol. The zero-order valence-corrected chi connectivity index (χ0v) is 7.56. The van der Waals surface area contributed by atoms with E-state index in [9.17, 15) is 8.42 Å². The quantitative estimate of drug-likeness (QED) is 0.645. The van der Waals surface area contributed by atoms with E-state index in [1.165, 1.54) is 6.08 Å². The van der Waals surface area contributed by atoms with Gasteiger partial charge in [-0.1, -0.05) is 23.8 Å². The lowest BCUT2D eigenvalue weighted by atomic mass is 10.3. The highest BCUT2D eigenvalue weighted by Crippen LogP contribution is 1.93. The molecule has 0 aliphatic rings. The second-order valence-corrected chi connectivity index (χ2v) is 3.92. The molecule has 11 heavy (non-hydrogen) atoms. The van der Waals surface area contributed by atoms with E-state index in [2.05, 4.69) is 0 Å². The molecule has 0 aromatic heterocycles. The van der Waals surface area contributed by atoms with Crippen LogP contribution in [0.2, 0.25) is 0 Å². The average Bonchev–Trinajstić information content (AvgIpc) is 1.85. The maximum atomic E-state index is 10.4. The average molecular weight is 175 g/mol. The van der Waals surface area contributed by atoms with Gasteiger partial charge in [0.05, 0.1) is 5.75 Å². The molecule has 0 bridgehead atoms. The summed E-state index contributed by atoms with van der Waals surface area (Å²) in [6.07, 6.45) is 5.15. The van der Waals surface area contributed by atoms with E-state index in [1.54, 1.807) is 6.08 Å². The largest absolute Gasteiger partial charge is 0.228 e. The van der Waals surface area contributed by atoms with Crippen molar-refractivity contribution in [3.63, 3.8) is 0 Å². The number of sulfonamides is 1. The van der Waals surface area contributed by atoms with E-state index in [0.29, 0.717) is 0 Å². The Morgan fingerprint density at radius 2 is 2.09 bits per heavy atom. The van der Waals surface area contributed by atoms with Crippen LogP contribution in [0, 0.1) is 0 Å². The van der Waals surface area contributed by atoms with Crippen LogP contribution in [0.15, 0.2) is 23.8 Å². The van der Waals surface area contributed by atoms with Gasteiger partial charge in [-0.15, -0.1) is 0 Å². The molecule has 0 aliphatic heterocycles. The maximum absolute atomic E-state index is 10.4. The van der Waals surface area contributed by atoms with Crippen LogP contribution >= 0.6 is 0 Å². The highest BCUT2D eigenvalue weighted by Gasteiger charge is 1.95. The number of rotatable bonds is 3. The third-order valence-corrected chi connectivity index (χ3v) is 1.82. The van der Waals surface area contributed by atoms with Gasteiger partial charge in [0.15, 0.2) is 0 Å². The van der Waals surface area contributed by atoms with Crippen molar-refractivity contribution < 1.29 is 8.42 Å². The molecule has 3 nitrogen and oxygen atoms in total. The maximum Gasteiger partial charge on any atom is 0.212 e. The zero-order valence-electron chi connectivity index (χ0n) is 6.74. The Balaban J connectivity index is 4.00. The first-order valence-corrected chi connectivity index (χ1v) is 4.97. The Bertz CT molecular complexity index is 262. The van der Waals surface area contributed by atoms with Gasteiger partial charge in [-0.3, -0.25) is 0 Å². The second kappa shape index (κ2) is 4.31. The fraction of sp³-hybridized carbons (Fsp3) is 0.429. The van der Waals surface area contributed by atoms with Gasteiger partial charge >= 0.3 is 0 Å². The Morgan fingerprint density at radius 3 is 2.45 bits per heavy atom. The van der Waals surface area contributed by atoms with Crippen molar-refractivity contribution in [3.8, 4) is 0 Å². The van der Waals surface area contributed by atoms with Gasteiger partial charge in [0, 0.05) is 0 Å². The normalized spacial score (nSPS) is 14.3. The van der Waals surface area contributed by atoms with Crippen molar-refractivity contribution in [1.29, 1.82) is 0 Å². The third kappa shape index (κ3) is 7.29. The number of hydrogen-bond acceptors (Lipinski definition) is 2. The summed E-state index contributed by atoms with van der Waals surface area (Å²) in [5.74, 6) is -0.0990. The Morgan fingerprint density at radius 1 is 1.55 bits per heavy atom. The standard InChI is InChI=1S/C7H13NO2S/c1-3-7(2)5-4-6-11(8,9)10/h3-5H,6H2,1-2H3,(H2,8,9,10)/b5-4-,7-3-. The summed E-state index contributed by atoms with van der Waals surface area (Å²) >= 11 is 0. The Hall–Kier alpha value is -0.610. The molecule has 0 radical (unpaired) electrons. The number of nitrogens with two attached hydrogens (primary N) is 1. The summed E-state index contributed by atoms with van der Waals surface area (Å²) in [5.41, 5.74) is 1.02. The van der Waals surface area contributed by atoms with Gasteiger partial charge in [0.1, 0.15) is 0 Å². The molecule has 0 amide bonds. The number of allylic oxidation sites excluding steroid dienone is 3. The molecule has 0 heterocycles. The lowest BCUT2D eigenvalue weighted by Crippen LogP contribution is -2.14. The molecule has 64 valence electrons. The van der Waals surface area contributed by atoms with Crippen LogP contribution in [0.25, 0.3) is 0 Å². The monoisotopic (exact) mass is 175 g/mol. The number of hydrogen-bond donors (Lipinski definition) is 1. The van der Waals surface area contributed by atoms with Crippen LogP contribution in [0.4, 0.5) is 0 Å². The van der Waals surface area contributed by atoms with Gasteiger partial charge in [-0.05, 0) is 13.8 Å². The van der Waals surface area contributed by atoms with Crippen molar-refractivity contribution in [1.82, 2.24) is 0 Å². The van der Waals surface area contributed by atoms with E-state index in [1.807, 2.05) is 19.9 Å². The lowest BCUT2D eigenvalue weighted by molar-refractivity contribution is 0.600.